The maximum absolute atomic E-state index is 13.9. The Labute approximate surface area is 197 Å². The topological polar surface area (TPSA) is 77.5 Å². The molecule has 0 aliphatic heterocycles. The van der Waals surface area contributed by atoms with Gasteiger partial charge in [0.2, 0.25) is 0 Å². The van der Waals surface area contributed by atoms with Crippen molar-refractivity contribution in [2.75, 3.05) is 0 Å². The number of esters is 1. The number of fused-ring (bicyclic) bond motifs is 5. The van der Waals surface area contributed by atoms with Crippen LogP contribution in [-0.4, -0.2) is 29.4 Å². The van der Waals surface area contributed by atoms with Gasteiger partial charge in [-0.05, 0) is 93.3 Å². The molecular formula is C28H40O5. The van der Waals surface area contributed by atoms with Crippen LogP contribution in [0.1, 0.15) is 91.9 Å². The number of hydrogen-bond acceptors (Lipinski definition) is 5. The molecule has 5 rings (SSSR count). The summed E-state index contributed by atoms with van der Waals surface area (Å²) >= 11 is 0. The summed E-state index contributed by atoms with van der Waals surface area (Å²) in [5.41, 5.74) is -0.526. The van der Waals surface area contributed by atoms with Gasteiger partial charge in [-0.3, -0.25) is 19.2 Å². The first kappa shape index (κ1) is 23.2. The van der Waals surface area contributed by atoms with E-state index >= 15 is 0 Å². The zero-order chi connectivity index (χ0) is 23.7. The number of carbonyl (C=O) groups excluding carboxylic acids is 4. The van der Waals surface area contributed by atoms with Gasteiger partial charge < -0.3 is 4.74 Å². The lowest BCUT2D eigenvalue weighted by molar-refractivity contribution is -0.167. The second kappa shape index (κ2) is 8.02. The highest BCUT2D eigenvalue weighted by Gasteiger charge is 2.67. The van der Waals surface area contributed by atoms with Crippen LogP contribution < -0.4 is 0 Å². The van der Waals surface area contributed by atoms with Crippen molar-refractivity contribution >= 4 is 23.3 Å². The summed E-state index contributed by atoms with van der Waals surface area (Å²) in [7, 11) is 0. The predicted octanol–water partition coefficient (Wildman–Crippen LogP) is 4.94. The van der Waals surface area contributed by atoms with Crippen molar-refractivity contribution in [2.24, 2.45) is 52.3 Å². The molecule has 5 heteroatoms. The summed E-state index contributed by atoms with van der Waals surface area (Å²) in [6.07, 6.45) is 8.85. The average molecular weight is 457 g/mol. The fourth-order valence-corrected chi connectivity index (χ4v) is 9.79. The maximum Gasteiger partial charge on any atom is 0.302 e. The molecule has 0 aromatic heterocycles. The van der Waals surface area contributed by atoms with Crippen LogP contribution in [0.15, 0.2) is 0 Å². The van der Waals surface area contributed by atoms with Gasteiger partial charge in [-0.25, -0.2) is 0 Å². The molecule has 5 aliphatic carbocycles. The predicted molar refractivity (Wildman–Crippen MR) is 123 cm³/mol. The highest BCUT2D eigenvalue weighted by atomic mass is 16.5. The van der Waals surface area contributed by atoms with Gasteiger partial charge in [0.05, 0.1) is 0 Å². The Morgan fingerprint density at radius 3 is 2.33 bits per heavy atom. The average Bonchev–Trinajstić information content (AvgIpc) is 3.30. The van der Waals surface area contributed by atoms with Crippen LogP contribution in [0.2, 0.25) is 0 Å². The molecule has 0 heterocycles. The number of hydrogen-bond donors (Lipinski definition) is 0. The van der Waals surface area contributed by atoms with Gasteiger partial charge in [0.25, 0.3) is 0 Å². The van der Waals surface area contributed by atoms with Gasteiger partial charge in [-0.15, -0.1) is 0 Å². The summed E-state index contributed by atoms with van der Waals surface area (Å²) in [5.74, 6) is 1.68. The maximum atomic E-state index is 13.9. The largest absolute Gasteiger partial charge is 0.463 e. The van der Waals surface area contributed by atoms with Gasteiger partial charge in [0, 0.05) is 37.0 Å². The molecule has 5 aliphatic rings. The van der Waals surface area contributed by atoms with Crippen molar-refractivity contribution in [3.05, 3.63) is 0 Å². The Kier molecular flexibility index (Phi) is 5.64. The second-order valence-corrected chi connectivity index (χ2v) is 12.5. The van der Waals surface area contributed by atoms with Gasteiger partial charge in [-0.2, -0.15) is 0 Å². The number of carbonyl (C=O) groups is 4. The molecule has 0 bridgehead atoms. The minimum Gasteiger partial charge on any atom is -0.463 e. The highest BCUT2D eigenvalue weighted by Crippen LogP contribution is 2.68. The smallest absolute Gasteiger partial charge is 0.302 e. The molecule has 0 saturated heterocycles. The van der Waals surface area contributed by atoms with E-state index in [1.807, 2.05) is 0 Å². The Morgan fingerprint density at radius 1 is 0.939 bits per heavy atom. The van der Waals surface area contributed by atoms with Gasteiger partial charge in [0.15, 0.2) is 0 Å². The van der Waals surface area contributed by atoms with Crippen LogP contribution in [0.5, 0.6) is 0 Å². The Bertz CT molecular complexity index is 878. The van der Waals surface area contributed by atoms with Crippen LogP contribution in [0, 0.1) is 52.3 Å². The zero-order valence-corrected chi connectivity index (χ0v) is 20.7. The number of rotatable bonds is 3. The first-order chi connectivity index (χ1) is 15.6. The van der Waals surface area contributed by atoms with Crippen LogP contribution in [-0.2, 0) is 23.9 Å². The van der Waals surface area contributed by atoms with E-state index in [0.29, 0.717) is 36.4 Å². The molecule has 0 aromatic carbocycles. The fraction of sp³-hybridized carbons (Fsp3) is 0.857. The van der Waals surface area contributed by atoms with E-state index in [2.05, 4.69) is 13.8 Å². The lowest BCUT2D eigenvalue weighted by Gasteiger charge is -2.60. The molecular weight excluding hydrogens is 416 g/mol. The van der Waals surface area contributed by atoms with Crippen LogP contribution in [0.4, 0.5) is 0 Å². The third-order valence-electron chi connectivity index (χ3n) is 11.2. The molecule has 0 spiro atoms. The number of ether oxygens (including phenoxy) is 1. The van der Waals surface area contributed by atoms with Crippen molar-refractivity contribution in [2.45, 2.75) is 98.0 Å². The minimum absolute atomic E-state index is 0.00742. The Morgan fingerprint density at radius 2 is 1.70 bits per heavy atom. The molecule has 182 valence electrons. The van der Waals surface area contributed by atoms with Gasteiger partial charge in [0.1, 0.15) is 23.5 Å². The molecule has 0 radical (unpaired) electrons. The second-order valence-electron chi connectivity index (χ2n) is 12.5. The molecule has 0 amide bonds. The summed E-state index contributed by atoms with van der Waals surface area (Å²) < 4.78 is 5.57. The van der Waals surface area contributed by atoms with E-state index in [1.165, 1.54) is 6.92 Å². The molecule has 10 atom stereocenters. The van der Waals surface area contributed by atoms with Crippen LogP contribution >= 0.6 is 0 Å². The summed E-state index contributed by atoms with van der Waals surface area (Å²) in [5, 5.41) is 0. The van der Waals surface area contributed by atoms with Crippen LogP contribution in [0.25, 0.3) is 0 Å². The summed E-state index contributed by atoms with van der Waals surface area (Å²) in [6, 6.07) is 0. The normalized spacial score (nSPS) is 49.2. The van der Waals surface area contributed by atoms with Gasteiger partial charge in [-0.1, -0.05) is 13.8 Å². The van der Waals surface area contributed by atoms with E-state index in [1.54, 1.807) is 6.92 Å². The van der Waals surface area contributed by atoms with E-state index in [0.717, 1.165) is 51.4 Å². The van der Waals surface area contributed by atoms with Crippen molar-refractivity contribution in [1.82, 2.24) is 0 Å². The lowest BCUT2D eigenvalue weighted by Crippen LogP contribution is -2.57. The monoisotopic (exact) mass is 456 g/mol. The van der Waals surface area contributed by atoms with Crippen molar-refractivity contribution in [1.29, 1.82) is 0 Å². The van der Waals surface area contributed by atoms with Crippen molar-refractivity contribution < 1.29 is 23.9 Å². The van der Waals surface area contributed by atoms with E-state index in [-0.39, 0.29) is 52.7 Å². The third-order valence-corrected chi connectivity index (χ3v) is 11.2. The SMILES string of the molecule is CC(=O)O[C@H]1CC[C@@]2(C)[C@@H](CC[C@@H]3[C@@H]2CC(=O)[C@@]2(C)[C@H]3C[C@@H]([C@H]3CCCC3=O)[C@@H]2C(C)=O)C1. The van der Waals surface area contributed by atoms with Crippen molar-refractivity contribution in [3.8, 4) is 0 Å². The Balaban J connectivity index is 1.45. The standard InChI is InChI=1S/C28H40O5/c1-15(29)26-21(19-6-5-7-24(19)31)13-23-20-9-8-17-12-18(33-16(2)30)10-11-27(17,3)22(20)14-25(32)28(23,26)4/h17-23,26H,5-14H2,1-4H3/t17-,18-,19+,20+,21-,22-,23-,26-,27-,28+/m0/s1. The molecule has 0 N–H and O–H groups in total. The van der Waals surface area contributed by atoms with E-state index < -0.39 is 5.41 Å². The molecule has 0 unspecified atom stereocenters. The molecule has 5 nitrogen and oxygen atoms in total. The van der Waals surface area contributed by atoms with Crippen LogP contribution in [0.3, 0.4) is 0 Å². The number of ketones is 3. The van der Waals surface area contributed by atoms with Crippen molar-refractivity contribution in [3.63, 3.8) is 0 Å². The van der Waals surface area contributed by atoms with E-state index in [4.69, 9.17) is 4.74 Å². The highest BCUT2D eigenvalue weighted by molar-refractivity contribution is 5.94. The first-order valence-corrected chi connectivity index (χ1v) is 13.3. The molecule has 0 aromatic rings. The summed E-state index contributed by atoms with van der Waals surface area (Å²) in [4.78, 5) is 51.2. The lowest BCUT2D eigenvalue weighted by atomic mass is 9.44. The fourth-order valence-electron chi connectivity index (χ4n) is 9.79. The quantitative estimate of drug-likeness (QED) is 0.562. The van der Waals surface area contributed by atoms with E-state index in [9.17, 15) is 19.2 Å². The Hall–Kier alpha value is -1.52. The first-order valence-electron chi connectivity index (χ1n) is 13.3. The van der Waals surface area contributed by atoms with Gasteiger partial charge >= 0.3 is 5.97 Å². The summed E-state index contributed by atoms with van der Waals surface area (Å²) in [6.45, 7) is 7.60. The number of Topliss-reactive ketones (excluding diaryl/α,β-unsaturated/α-hetero) is 3. The zero-order valence-electron chi connectivity index (χ0n) is 20.7. The third kappa shape index (κ3) is 3.38. The minimum atomic E-state index is -0.612. The molecule has 5 fully saturated rings. The molecule has 33 heavy (non-hydrogen) atoms. The molecule has 5 saturated carbocycles.